The zero-order chi connectivity index (χ0) is 59.6. The molecule has 0 aromatic carbocycles. The highest BCUT2D eigenvalue weighted by Crippen LogP contribution is 2.28. The van der Waals surface area contributed by atoms with Crippen LogP contribution in [0, 0.1) is 12.3 Å². The summed E-state index contributed by atoms with van der Waals surface area (Å²) in [6.45, 7) is 2.24. The maximum absolute atomic E-state index is 13.5. The number of aliphatic imine (C=N–C) groups is 2. The van der Waals surface area contributed by atoms with Gasteiger partial charge in [-0.3, -0.25) is 24.0 Å². The third-order valence-corrected chi connectivity index (χ3v) is 11.4. The largest absolute Gasteiger partial charge is 0.478 e. The number of guanidine groups is 2. The second kappa shape index (κ2) is 38.6. The molecule has 80 heavy (non-hydrogen) atoms. The van der Waals surface area contributed by atoms with E-state index in [9.17, 15) is 64.2 Å². The number of nitrogens with two attached hydrogens (primary N) is 4. The van der Waals surface area contributed by atoms with Crippen LogP contribution in [-0.4, -0.2) is 255 Å². The van der Waals surface area contributed by atoms with Crippen molar-refractivity contribution in [2.24, 2.45) is 32.9 Å². The maximum Gasteiger partial charge on any atom is 0.370 e. The first-order valence-electron chi connectivity index (χ1n) is 25.5. The van der Waals surface area contributed by atoms with E-state index in [2.05, 4.69) is 37.2 Å². The Morgan fingerprint density at radius 3 is 1.38 bits per heavy atom. The van der Waals surface area contributed by atoms with Crippen molar-refractivity contribution < 1.29 is 102 Å². The molecule has 0 bridgehead atoms. The van der Waals surface area contributed by atoms with E-state index in [1.165, 1.54) is 4.90 Å². The first-order chi connectivity index (χ1) is 38.1. The molecule has 18 N–H and O–H groups in total. The molecule has 0 fully saturated rings. The quantitative estimate of drug-likeness (QED) is 0.0117. The summed E-state index contributed by atoms with van der Waals surface area (Å²) < 4.78 is 44.4. The molecule has 0 saturated heterocycles. The molecule has 10 atom stereocenters. The Morgan fingerprint density at radius 2 is 1.02 bits per heavy atom. The molecule has 5 amide bonds. The zero-order valence-corrected chi connectivity index (χ0v) is 44.8. The van der Waals surface area contributed by atoms with E-state index in [4.69, 9.17) is 67.3 Å². The molecule has 2 aliphatic heterocycles. The van der Waals surface area contributed by atoms with Gasteiger partial charge in [-0.1, -0.05) is 5.92 Å². The molecule has 0 aromatic heterocycles. The van der Waals surface area contributed by atoms with Crippen molar-refractivity contribution in [1.82, 2.24) is 26.2 Å². The van der Waals surface area contributed by atoms with Gasteiger partial charge in [0.25, 0.3) is 0 Å². The lowest BCUT2D eigenvalue weighted by atomic mass is 9.92. The lowest BCUT2D eigenvalue weighted by Gasteiger charge is -2.40. The standard InChI is InChI=1S/C48H79N11O21/c1-4-14-73-18-20-75-22-23-76-21-19-74-15-9-38(68)59(12-5-10-53-36(66)7-16-77-41(32(64)26-60)43-39(55-28(2)62)30(57-47(49)50)24-34(79-43)45(69)70)13-6-11-54-37(67)8-17-78-42(33(65)27-61)44-40(56-29(3)63)31(58-48(51)52)25-35(80-44)46(71)72/h1,24-25,30-33,39-44,60-61,64-65H,5-23,26-27H2,2-3H3,(H,53,66)(H,54,67)(H,55,62)(H,56,63)(H,69,70)(H,71,72)(H4,49,50,57)(H4,51,52,58)/t30-,31-,32+,33+,39+,40+,41+,42+,43+,44+/m0/s1. The molecular formula is C48H79N11O21. The first-order valence-corrected chi connectivity index (χ1v) is 25.5. The molecule has 32 nitrogen and oxygen atoms in total. The van der Waals surface area contributed by atoms with E-state index >= 15 is 0 Å². The van der Waals surface area contributed by atoms with Crippen LogP contribution < -0.4 is 44.2 Å². The van der Waals surface area contributed by atoms with E-state index in [0.29, 0.717) is 26.4 Å². The van der Waals surface area contributed by atoms with Crippen molar-refractivity contribution in [3.05, 3.63) is 23.7 Å². The number of carbonyl (C=O) groups is 7. The van der Waals surface area contributed by atoms with E-state index in [0.717, 1.165) is 26.0 Å². The summed E-state index contributed by atoms with van der Waals surface area (Å²) in [6, 6.07) is -4.78. The van der Waals surface area contributed by atoms with Gasteiger partial charge in [0.05, 0.1) is 103 Å². The molecule has 0 aliphatic carbocycles. The number of amides is 5. The normalized spacial score (nSPS) is 20.0. The van der Waals surface area contributed by atoms with Crippen molar-refractivity contribution in [2.45, 2.75) is 107 Å². The Morgan fingerprint density at radius 1 is 0.637 bits per heavy atom. The summed E-state index contributed by atoms with van der Waals surface area (Å²) in [5.74, 6) is -5.40. The Labute approximate surface area is 461 Å². The summed E-state index contributed by atoms with van der Waals surface area (Å²) in [5, 5.41) is 71.2. The molecule has 2 rings (SSSR count). The average molecular weight is 1150 g/mol. The zero-order valence-electron chi connectivity index (χ0n) is 44.8. The van der Waals surface area contributed by atoms with Gasteiger partial charge in [0.15, 0.2) is 24.1 Å². The third kappa shape index (κ3) is 26.8. The molecule has 32 heteroatoms. The number of carboxylic acids is 2. The molecule has 452 valence electrons. The second-order valence-electron chi connectivity index (χ2n) is 17.7. The van der Waals surface area contributed by atoms with Gasteiger partial charge in [0.2, 0.25) is 41.1 Å². The smallest absolute Gasteiger partial charge is 0.370 e. The Bertz CT molecular complexity index is 2020. The van der Waals surface area contributed by atoms with Crippen LogP contribution in [0.1, 0.15) is 46.0 Å². The molecule has 0 radical (unpaired) electrons. The molecule has 0 saturated carbocycles. The monoisotopic (exact) mass is 1150 g/mol. The predicted octanol–water partition coefficient (Wildman–Crippen LogP) is -6.80. The van der Waals surface area contributed by atoms with Crippen molar-refractivity contribution in [3.63, 3.8) is 0 Å². The van der Waals surface area contributed by atoms with Crippen LogP contribution in [0.4, 0.5) is 0 Å². The number of hydrogen-bond acceptors (Lipinski definition) is 21. The summed E-state index contributed by atoms with van der Waals surface area (Å²) in [6.07, 6.45) is -2.23. The average Bonchev–Trinajstić information content (AvgIpc) is 3.42. The van der Waals surface area contributed by atoms with Crippen LogP contribution in [0.25, 0.3) is 0 Å². The highest BCUT2D eigenvalue weighted by Gasteiger charge is 2.46. The molecule has 0 spiro atoms. The van der Waals surface area contributed by atoms with Crippen LogP contribution >= 0.6 is 0 Å². The topological polar surface area (TPSA) is 495 Å². The number of aliphatic hydroxyl groups excluding tert-OH is 4. The minimum absolute atomic E-state index is 0.0240. The minimum atomic E-state index is -1.69. The SMILES string of the molecule is C#CCOCCOCCOCCOCCC(=O)N(CCCNC(=O)CCO[C@@H]([C@@H]1OC(C(=O)O)=C[C@H](N=C(N)N)[C@H]1NC(C)=O)[C@H](O)CO)CCCNC(=O)CCO[C@@H]([C@@H]1OC(C(=O)O)=C[C@H](N=C(N)N)[C@H]1NC(C)=O)[C@H](O)CO. The van der Waals surface area contributed by atoms with Crippen molar-refractivity contribution >= 4 is 53.4 Å². The first kappa shape index (κ1) is 69.2. The lowest BCUT2D eigenvalue weighted by Crippen LogP contribution is -2.60. The summed E-state index contributed by atoms with van der Waals surface area (Å²) in [4.78, 5) is 97.1. The van der Waals surface area contributed by atoms with E-state index in [1.54, 1.807) is 0 Å². The van der Waals surface area contributed by atoms with Gasteiger partial charge in [-0.2, -0.15) is 0 Å². The van der Waals surface area contributed by atoms with E-state index in [-0.39, 0.29) is 104 Å². The highest BCUT2D eigenvalue weighted by molar-refractivity contribution is 5.86. The number of aliphatic hydroxyl groups is 4. The van der Waals surface area contributed by atoms with Crippen LogP contribution in [0.15, 0.2) is 33.7 Å². The molecule has 0 aromatic rings. The Kier molecular flexibility index (Phi) is 33.4. The number of carbonyl (C=O) groups excluding carboxylic acids is 5. The fraction of sp³-hybridized carbons (Fsp3) is 0.688. The van der Waals surface area contributed by atoms with Crippen molar-refractivity contribution in [1.29, 1.82) is 0 Å². The molecule has 2 aliphatic rings. The molecule has 0 unspecified atom stereocenters. The van der Waals surface area contributed by atoms with E-state index < -0.39 is 133 Å². The number of carboxylic acid groups (broad SMARTS) is 2. The number of terminal acetylenes is 1. The lowest BCUT2D eigenvalue weighted by molar-refractivity contribution is -0.155. The Hall–Kier alpha value is -6.93. The van der Waals surface area contributed by atoms with Crippen LogP contribution in [0.3, 0.4) is 0 Å². The third-order valence-electron chi connectivity index (χ3n) is 11.4. The highest BCUT2D eigenvalue weighted by atomic mass is 16.6. The fourth-order valence-corrected chi connectivity index (χ4v) is 7.87. The van der Waals surface area contributed by atoms with Crippen LogP contribution in [0.2, 0.25) is 0 Å². The number of aliphatic carboxylic acids is 2. The van der Waals surface area contributed by atoms with Gasteiger partial charge in [0, 0.05) is 52.9 Å². The van der Waals surface area contributed by atoms with Crippen molar-refractivity contribution in [2.75, 3.05) is 105 Å². The second-order valence-corrected chi connectivity index (χ2v) is 17.7. The predicted molar refractivity (Wildman–Crippen MR) is 279 cm³/mol. The van der Waals surface area contributed by atoms with Gasteiger partial charge in [-0.25, -0.2) is 19.6 Å². The summed E-state index contributed by atoms with van der Waals surface area (Å²) in [7, 11) is 0. The van der Waals surface area contributed by atoms with Crippen molar-refractivity contribution in [3.8, 4) is 12.3 Å². The minimum Gasteiger partial charge on any atom is -0.478 e. The number of rotatable bonds is 41. The number of nitrogens with zero attached hydrogens (tertiary/aromatic N) is 3. The van der Waals surface area contributed by atoms with Gasteiger partial charge < -0.3 is 118 Å². The van der Waals surface area contributed by atoms with Gasteiger partial charge >= 0.3 is 11.9 Å². The number of hydrogen-bond donors (Lipinski definition) is 14. The van der Waals surface area contributed by atoms with Crippen LogP contribution in [-0.2, 0) is 71.5 Å². The number of ether oxygens (including phenoxy) is 8. The van der Waals surface area contributed by atoms with Gasteiger partial charge in [-0.15, -0.1) is 6.42 Å². The summed E-state index contributed by atoms with van der Waals surface area (Å²) in [5.41, 5.74) is 22.2. The fourth-order valence-electron chi connectivity index (χ4n) is 7.87. The number of nitrogens with one attached hydrogen (secondary N) is 4. The van der Waals surface area contributed by atoms with E-state index in [1.807, 2.05) is 0 Å². The molecular weight excluding hydrogens is 1070 g/mol. The van der Waals surface area contributed by atoms with Crippen LogP contribution in [0.5, 0.6) is 0 Å². The Balaban J connectivity index is 2.04. The maximum atomic E-state index is 13.5. The molecule has 2 heterocycles. The summed E-state index contributed by atoms with van der Waals surface area (Å²) >= 11 is 0. The van der Waals surface area contributed by atoms with Gasteiger partial charge in [0.1, 0.15) is 31.0 Å². The van der Waals surface area contributed by atoms with Gasteiger partial charge in [-0.05, 0) is 25.0 Å².